The molecular weight excluding hydrogens is 172 g/mol. The highest BCUT2D eigenvalue weighted by atomic mass is 16.6. The second kappa shape index (κ2) is 3.60. The van der Waals surface area contributed by atoms with E-state index in [0.717, 1.165) is 0 Å². The van der Waals surface area contributed by atoms with E-state index < -0.39 is 18.0 Å². The van der Waals surface area contributed by atoms with Crippen molar-refractivity contribution in [3.05, 3.63) is 11.6 Å². The Balaban J connectivity index is 2.90. The van der Waals surface area contributed by atoms with Gasteiger partial charge in [0.2, 0.25) is 0 Å². The highest BCUT2D eigenvalue weighted by molar-refractivity contribution is 5.88. The van der Waals surface area contributed by atoms with Crippen LogP contribution in [0.3, 0.4) is 0 Å². The molecule has 1 heterocycles. The lowest BCUT2D eigenvalue weighted by Crippen LogP contribution is -2.35. The smallest absolute Gasteiger partial charge is 0.331 e. The molecule has 4 nitrogen and oxygen atoms in total. The summed E-state index contributed by atoms with van der Waals surface area (Å²) < 4.78 is 9.47. The number of carbonyl (C=O) groups excluding carboxylic acids is 2. The van der Waals surface area contributed by atoms with Crippen molar-refractivity contribution < 1.29 is 19.1 Å². The molecule has 13 heavy (non-hydrogen) atoms. The van der Waals surface area contributed by atoms with Crippen LogP contribution in [0.1, 0.15) is 13.8 Å². The summed E-state index contributed by atoms with van der Waals surface area (Å²) in [6.07, 6.45) is 0.881. The molecule has 0 aromatic heterocycles. The minimum Gasteiger partial charge on any atom is -0.468 e. The monoisotopic (exact) mass is 184 g/mol. The molecule has 0 N–H and O–H groups in total. The predicted molar refractivity (Wildman–Crippen MR) is 44.8 cm³/mol. The van der Waals surface area contributed by atoms with E-state index in [1.54, 1.807) is 13.8 Å². The molecule has 4 heteroatoms. The number of hydrogen-bond acceptors (Lipinski definition) is 4. The topological polar surface area (TPSA) is 52.6 Å². The minimum atomic E-state index is -0.456. The summed E-state index contributed by atoms with van der Waals surface area (Å²) in [7, 11) is 1.32. The van der Waals surface area contributed by atoms with E-state index in [0.29, 0.717) is 5.57 Å². The molecule has 0 amide bonds. The maximum atomic E-state index is 11.2. The number of methoxy groups -OCH3 is 1. The molecule has 72 valence electrons. The third-order valence-corrected chi connectivity index (χ3v) is 2.06. The van der Waals surface area contributed by atoms with Crippen LogP contribution in [0, 0.1) is 5.92 Å². The van der Waals surface area contributed by atoms with Gasteiger partial charge in [0.25, 0.3) is 0 Å². The number of carbonyl (C=O) groups is 2. The van der Waals surface area contributed by atoms with E-state index in [4.69, 9.17) is 4.74 Å². The standard InChI is InChI=1S/C9H12O4/c1-5-4-7(10)13-6(2)8(5)9(11)12-3/h4,6,8H,1-3H3/t6-,8-/m1/s1. The predicted octanol–water partition coefficient (Wildman–Crippen LogP) is 0.667. The molecule has 0 fully saturated rings. The van der Waals surface area contributed by atoms with Gasteiger partial charge in [-0.3, -0.25) is 4.79 Å². The largest absolute Gasteiger partial charge is 0.468 e. The van der Waals surface area contributed by atoms with Gasteiger partial charge >= 0.3 is 11.9 Å². The molecule has 0 saturated heterocycles. The van der Waals surface area contributed by atoms with Gasteiger partial charge in [-0.25, -0.2) is 4.79 Å². The normalized spacial score (nSPS) is 27.6. The summed E-state index contributed by atoms with van der Waals surface area (Å²) in [5.74, 6) is -1.22. The van der Waals surface area contributed by atoms with Gasteiger partial charge in [-0.15, -0.1) is 0 Å². The van der Waals surface area contributed by atoms with E-state index >= 15 is 0 Å². The van der Waals surface area contributed by atoms with Crippen molar-refractivity contribution in [2.24, 2.45) is 5.92 Å². The minimum absolute atomic E-state index is 0.367. The van der Waals surface area contributed by atoms with Gasteiger partial charge in [0.05, 0.1) is 7.11 Å². The van der Waals surface area contributed by atoms with Gasteiger partial charge in [-0.05, 0) is 19.4 Å². The number of hydrogen-bond donors (Lipinski definition) is 0. The van der Waals surface area contributed by atoms with Crippen LogP contribution in [0.25, 0.3) is 0 Å². The van der Waals surface area contributed by atoms with Crippen molar-refractivity contribution >= 4 is 11.9 Å². The van der Waals surface area contributed by atoms with Crippen LogP contribution in [-0.2, 0) is 19.1 Å². The highest BCUT2D eigenvalue weighted by Crippen LogP contribution is 2.23. The molecule has 0 spiro atoms. The number of ether oxygens (including phenoxy) is 2. The average molecular weight is 184 g/mol. The van der Waals surface area contributed by atoms with Gasteiger partial charge in [0.15, 0.2) is 0 Å². The summed E-state index contributed by atoms with van der Waals surface area (Å²) >= 11 is 0. The van der Waals surface area contributed by atoms with Crippen LogP contribution < -0.4 is 0 Å². The summed E-state index contributed by atoms with van der Waals surface area (Å²) in [6.45, 7) is 3.40. The maximum absolute atomic E-state index is 11.2. The third kappa shape index (κ3) is 1.88. The second-order valence-electron chi connectivity index (χ2n) is 3.03. The quantitative estimate of drug-likeness (QED) is 0.562. The summed E-state index contributed by atoms with van der Waals surface area (Å²) in [5.41, 5.74) is 0.690. The first-order valence-corrected chi connectivity index (χ1v) is 4.03. The van der Waals surface area contributed by atoms with Crippen LogP contribution in [0.5, 0.6) is 0 Å². The Hall–Kier alpha value is -1.32. The Morgan fingerprint density at radius 3 is 2.69 bits per heavy atom. The molecule has 0 aromatic rings. The van der Waals surface area contributed by atoms with Crippen LogP contribution in [-0.4, -0.2) is 25.2 Å². The Morgan fingerprint density at radius 1 is 1.62 bits per heavy atom. The fourth-order valence-corrected chi connectivity index (χ4v) is 1.44. The van der Waals surface area contributed by atoms with Crippen molar-refractivity contribution in [3.63, 3.8) is 0 Å². The second-order valence-corrected chi connectivity index (χ2v) is 3.03. The van der Waals surface area contributed by atoms with E-state index in [9.17, 15) is 9.59 Å². The number of esters is 2. The lowest BCUT2D eigenvalue weighted by Gasteiger charge is -2.25. The maximum Gasteiger partial charge on any atom is 0.331 e. The van der Waals surface area contributed by atoms with E-state index in [1.807, 2.05) is 0 Å². The third-order valence-electron chi connectivity index (χ3n) is 2.06. The van der Waals surface area contributed by atoms with E-state index in [2.05, 4.69) is 4.74 Å². The summed E-state index contributed by atoms with van der Waals surface area (Å²) in [5, 5.41) is 0. The van der Waals surface area contributed by atoms with Gasteiger partial charge in [0.1, 0.15) is 12.0 Å². The van der Waals surface area contributed by atoms with Crippen molar-refractivity contribution in [1.29, 1.82) is 0 Å². The Kier molecular flexibility index (Phi) is 2.70. The van der Waals surface area contributed by atoms with Gasteiger partial charge < -0.3 is 9.47 Å². The molecule has 0 unspecified atom stereocenters. The van der Waals surface area contributed by atoms with Gasteiger partial charge in [0, 0.05) is 6.08 Å². The summed E-state index contributed by atoms with van der Waals surface area (Å²) in [6, 6.07) is 0. The zero-order chi connectivity index (χ0) is 10.0. The van der Waals surface area contributed by atoms with Crippen LogP contribution >= 0.6 is 0 Å². The molecule has 0 radical (unpaired) electrons. The Bertz CT molecular complexity index is 267. The SMILES string of the molecule is COC(=O)[C@@H]1C(C)=CC(=O)O[C@@H]1C. The van der Waals surface area contributed by atoms with Crippen LogP contribution in [0.4, 0.5) is 0 Å². The molecular formula is C9H12O4. The molecule has 0 bridgehead atoms. The lowest BCUT2D eigenvalue weighted by molar-refractivity contribution is -0.156. The fourth-order valence-electron chi connectivity index (χ4n) is 1.44. The number of cyclic esters (lactones) is 1. The summed E-state index contributed by atoms with van der Waals surface area (Å²) in [4.78, 5) is 22.1. The molecule has 2 atom stereocenters. The van der Waals surface area contributed by atoms with Crippen LogP contribution in [0.2, 0.25) is 0 Å². The molecule has 1 aliphatic rings. The van der Waals surface area contributed by atoms with Crippen LogP contribution in [0.15, 0.2) is 11.6 Å². The Labute approximate surface area is 76.5 Å². The molecule has 1 rings (SSSR count). The van der Waals surface area contributed by atoms with Gasteiger partial charge in [-0.2, -0.15) is 0 Å². The number of rotatable bonds is 1. The lowest BCUT2D eigenvalue weighted by atomic mass is 9.93. The Morgan fingerprint density at radius 2 is 2.23 bits per heavy atom. The first-order valence-electron chi connectivity index (χ1n) is 4.03. The van der Waals surface area contributed by atoms with Crippen molar-refractivity contribution in [2.45, 2.75) is 20.0 Å². The molecule has 0 aliphatic carbocycles. The molecule has 0 aromatic carbocycles. The average Bonchev–Trinajstić information content (AvgIpc) is 2.02. The zero-order valence-electron chi connectivity index (χ0n) is 7.87. The molecule has 1 aliphatic heterocycles. The van der Waals surface area contributed by atoms with E-state index in [-0.39, 0.29) is 5.97 Å². The first kappa shape index (κ1) is 9.77. The van der Waals surface area contributed by atoms with Gasteiger partial charge in [-0.1, -0.05) is 0 Å². The van der Waals surface area contributed by atoms with E-state index in [1.165, 1.54) is 13.2 Å². The molecule has 0 saturated carbocycles. The van der Waals surface area contributed by atoms with Crippen molar-refractivity contribution in [2.75, 3.05) is 7.11 Å². The van der Waals surface area contributed by atoms with Crippen molar-refractivity contribution in [3.8, 4) is 0 Å². The first-order chi connectivity index (χ1) is 6.06. The highest BCUT2D eigenvalue weighted by Gasteiger charge is 2.33. The van der Waals surface area contributed by atoms with Crippen molar-refractivity contribution in [1.82, 2.24) is 0 Å². The fraction of sp³-hybridized carbons (Fsp3) is 0.556. The zero-order valence-corrected chi connectivity index (χ0v) is 7.87.